The molecule has 1 N–H and O–H groups in total. The topological polar surface area (TPSA) is 65.4 Å². The number of pyridine rings is 1. The summed E-state index contributed by atoms with van der Waals surface area (Å²) in [5.74, 6) is -0.568. The highest BCUT2D eigenvalue weighted by molar-refractivity contribution is 6.00. The lowest BCUT2D eigenvalue weighted by atomic mass is 10.0. The molecule has 1 fully saturated rings. The maximum absolute atomic E-state index is 12.5. The molecule has 0 spiro atoms. The van der Waals surface area contributed by atoms with Crippen molar-refractivity contribution >= 4 is 17.2 Å². The lowest BCUT2D eigenvalue weighted by molar-refractivity contribution is 0.112. The van der Waals surface area contributed by atoms with E-state index in [1.54, 1.807) is 19.3 Å². The standard InChI is InChI=1S/C22H24N2O3.C8H9F2N/c1-15(2)22-20(13-25)19-7-6-17(27-18-8-10-26-14-18)11-21(19)24(22)12-16-5-3-4-9-23-16;1-11-5-6-2-3-7(9)8(10)4-6/h3-7,9,11,13,15,18H,8,10,12,14H2,1-2H3;2-4,11H,5H2,1H3. The number of ether oxygens (including phenoxy) is 2. The Bertz CT molecular complexity index is 1370. The summed E-state index contributed by atoms with van der Waals surface area (Å²) in [5.41, 5.74) is 4.50. The van der Waals surface area contributed by atoms with E-state index in [0.29, 0.717) is 19.7 Å². The van der Waals surface area contributed by atoms with Crippen LogP contribution < -0.4 is 10.1 Å². The van der Waals surface area contributed by atoms with E-state index in [0.717, 1.165) is 64.5 Å². The second-order valence-corrected chi connectivity index (χ2v) is 9.54. The van der Waals surface area contributed by atoms with Crippen LogP contribution in [0, 0.1) is 11.6 Å². The molecule has 200 valence electrons. The first kappa shape index (κ1) is 27.4. The van der Waals surface area contributed by atoms with Crippen molar-refractivity contribution in [3.05, 3.63) is 94.9 Å². The third-order valence-electron chi connectivity index (χ3n) is 6.38. The molecule has 5 rings (SSSR count). The number of nitrogens with one attached hydrogen (secondary N) is 1. The predicted molar refractivity (Wildman–Crippen MR) is 144 cm³/mol. The van der Waals surface area contributed by atoms with Crippen LogP contribution in [0.3, 0.4) is 0 Å². The van der Waals surface area contributed by atoms with Gasteiger partial charge in [-0.2, -0.15) is 0 Å². The van der Waals surface area contributed by atoms with Crippen molar-refractivity contribution in [2.24, 2.45) is 0 Å². The van der Waals surface area contributed by atoms with Crippen LogP contribution in [-0.2, 0) is 17.8 Å². The molecule has 1 unspecified atom stereocenters. The second-order valence-electron chi connectivity index (χ2n) is 9.54. The number of carbonyl (C=O) groups excluding carboxylic acids is 1. The quantitative estimate of drug-likeness (QED) is 0.294. The zero-order valence-electron chi connectivity index (χ0n) is 21.9. The number of halogens is 2. The lowest BCUT2D eigenvalue weighted by Gasteiger charge is -2.15. The third kappa shape index (κ3) is 6.44. The van der Waals surface area contributed by atoms with Gasteiger partial charge in [0.1, 0.15) is 11.9 Å². The fourth-order valence-corrected chi connectivity index (χ4v) is 4.67. The van der Waals surface area contributed by atoms with Crippen molar-refractivity contribution in [1.29, 1.82) is 0 Å². The van der Waals surface area contributed by atoms with Crippen molar-refractivity contribution < 1.29 is 23.0 Å². The number of aromatic nitrogens is 2. The smallest absolute Gasteiger partial charge is 0.159 e. The Balaban J connectivity index is 0.000000257. The van der Waals surface area contributed by atoms with Gasteiger partial charge in [0.05, 0.1) is 31.0 Å². The van der Waals surface area contributed by atoms with Crippen molar-refractivity contribution in [3.8, 4) is 5.75 Å². The highest BCUT2D eigenvalue weighted by Gasteiger charge is 2.22. The number of carbonyl (C=O) groups is 1. The van der Waals surface area contributed by atoms with Crippen LogP contribution in [0.4, 0.5) is 8.78 Å². The minimum atomic E-state index is -0.801. The maximum atomic E-state index is 12.5. The summed E-state index contributed by atoms with van der Waals surface area (Å²) in [7, 11) is 1.75. The highest BCUT2D eigenvalue weighted by Crippen LogP contribution is 2.33. The molecule has 0 radical (unpaired) electrons. The number of nitrogens with zero attached hydrogens (tertiary/aromatic N) is 2. The molecule has 1 aliphatic rings. The van der Waals surface area contributed by atoms with Crippen LogP contribution in [0.15, 0.2) is 60.8 Å². The molecule has 0 aliphatic carbocycles. The summed E-state index contributed by atoms with van der Waals surface area (Å²) in [5, 5.41) is 3.80. The first-order valence-electron chi connectivity index (χ1n) is 12.8. The predicted octanol–water partition coefficient (Wildman–Crippen LogP) is 5.87. The van der Waals surface area contributed by atoms with E-state index in [-0.39, 0.29) is 12.0 Å². The number of rotatable bonds is 8. The van der Waals surface area contributed by atoms with Gasteiger partial charge in [0.15, 0.2) is 17.9 Å². The third-order valence-corrected chi connectivity index (χ3v) is 6.38. The summed E-state index contributed by atoms with van der Waals surface area (Å²) in [6.45, 7) is 6.78. The van der Waals surface area contributed by atoms with Gasteiger partial charge in [-0.15, -0.1) is 0 Å². The van der Waals surface area contributed by atoms with Crippen LogP contribution in [0.25, 0.3) is 10.9 Å². The summed E-state index contributed by atoms with van der Waals surface area (Å²) in [6.07, 6.45) is 3.77. The summed E-state index contributed by atoms with van der Waals surface area (Å²) in [4.78, 5) is 16.4. The highest BCUT2D eigenvalue weighted by atomic mass is 19.2. The number of fused-ring (bicyclic) bond motifs is 1. The molecular weight excluding hydrogens is 488 g/mol. The van der Waals surface area contributed by atoms with E-state index in [9.17, 15) is 13.6 Å². The zero-order chi connectivity index (χ0) is 27.1. The largest absolute Gasteiger partial charge is 0.488 e. The Kier molecular flexibility index (Phi) is 9.20. The molecule has 0 amide bonds. The molecule has 2 aromatic heterocycles. The van der Waals surface area contributed by atoms with Gasteiger partial charge in [-0.05, 0) is 54.9 Å². The lowest BCUT2D eigenvalue weighted by Crippen LogP contribution is -2.15. The molecule has 6 nitrogen and oxygen atoms in total. The molecule has 1 aliphatic heterocycles. The molecule has 1 atom stereocenters. The van der Waals surface area contributed by atoms with Gasteiger partial charge in [0.25, 0.3) is 0 Å². The van der Waals surface area contributed by atoms with E-state index in [4.69, 9.17) is 9.47 Å². The molecule has 8 heteroatoms. The van der Waals surface area contributed by atoms with Crippen molar-refractivity contribution in [2.45, 2.75) is 45.4 Å². The zero-order valence-corrected chi connectivity index (χ0v) is 21.9. The monoisotopic (exact) mass is 521 g/mol. The Morgan fingerprint density at radius 1 is 1.16 bits per heavy atom. The molecule has 0 saturated carbocycles. The average molecular weight is 522 g/mol. The van der Waals surface area contributed by atoms with E-state index >= 15 is 0 Å². The van der Waals surface area contributed by atoms with Gasteiger partial charge in [-0.25, -0.2) is 8.78 Å². The van der Waals surface area contributed by atoms with E-state index < -0.39 is 11.6 Å². The van der Waals surface area contributed by atoms with E-state index in [1.165, 1.54) is 6.07 Å². The number of hydrogen-bond donors (Lipinski definition) is 1. The average Bonchev–Trinajstić information content (AvgIpc) is 3.53. The minimum absolute atomic E-state index is 0.0942. The molecular formula is C30H33F2N3O3. The van der Waals surface area contributed by atoms with Crippen LogP contribution in [0.1, 0.15) is 53.5 Å². The summed E-state index contributed by atoms with van der Waals surface area (Å²) >= 11 is 0. The first-order chi connectivity index (χ1) is 18.4. The van der Waals surface area contributed by atoms with Crippen molar-refractivity contribution in [3.63, 3.8) is 0 Å². The fourth-order valence-electron chi connectivity index (χ4n) is 4.67. The first-order valence-corrected chi connectivity index (χ1v) is 12.8. The number of hydrogen-bond acceptors (Lipinski definition) is 5. The second kappa shape index (κ2) is 12.8. The minimum Gasteiger partial charge on any atom is -0.488 e. The van der Waals surface area contributed by atoms with Gasteiger partial charge < -0.3 is 19.4 Å². The fraction of sp³-hybridized carbons (Fsp3) is 0.333. The Hall–Kier alpha value is -3.62. The van der Waals surface area contributed by atoms with Crippen molar-refractivity contribution in [2.75, 3.05) is 20.3 Å². The van der Waals surface area contributed by atoms with Gasteiger partial charge in [-0.1, -0.05) is 26.0 Å². The van der Waals surface area contributed by atoms with Crippen LogP contribution >= 0.6 is 0 Å². The van der Waals surface area contributed by atoms with E-state index in [2.05, 4.69) is 28.7 Å². The van der Waals surface area contributed by atoms with Crippen molar-refractivity contribution in [1.82, 2.24) is 14.9 Å². The Morgan fingerprint density at radius 3 is 2.63 bits per heavy atom. The van der Waals surface area contributed by atoms with Gasteiger partial charge in [-0.3, -0.25) is 9.78 Å². The number of benzene rings is 2. The van der Waals surface area contributed by atoms with Crippen LogP contribution in [0.2, 0.25) is 0 Å². The van der Waals surface area contributed by atoms with Gasteiger partial charge in [0.2, 0.25) is 0 Å². The molecule has 2 aromatic carbocycles. The van der Waals surface area contributed by atoms with Crippen LogP contribution in [-0.4, -0.2) is 42.2 Å². The molecule has 0 bridgehead atoms. The Labute approximate surface area is 221 Å². The molecule has 4 aromatic rings. The van der Waals surface area contributed by atoms with Crippen LogP contribution in [0.5, 0.6) is 5.75 Å². The van der Waals surface area contributed by atoms with Gasteiger partial charge in [0, 0.05) is 41.9 Å². The normalized spacial score (nSPS) is 14.9. The summed E-state index contributed by atoms with van der Waals surface area (Å²) in [6, 6.07) is 15.7. The van der Waals surface area contributed by atoms with Gasteiger partial charge >= 0.3 is 0 Å². The molecule has 38 heavy (non-hydrogen) atoms. The SMILES string of the molecule is CC(C)c1c(C=O)c2ccc(OC3CCOC3)cc2n1Cc1ccccn1.CNCc1ccc(F)c(F)c1. The molecule has 1 saturated heterocycles. The Morgan fingerprint density at radius 2 is 2.00 bits per heavy atom. The molecule has 3 heterocycles. The summed E-state index contributed by atoms with van der Waals surface area (Å²) < 4.78 is 38.5. The maximum Gasteiger partial charge on any atom is 0.159 e. The number of aldehydes is 1. The van der Waals surface area contributed by atoms with E-state index in [1.807, 2.05) is 36.4 Å².